The predicted octanol–water partition coefficient (Wildman–Crippen LogP) is 6.67. The zero-order valence-corrected chi connectivity index (χ0v) is 20.9. The molecule has 2 nitrogen and oxygen atoms in total. The maximum absolute atomic E-state index is 12.8. The van der Waals surface area contributed by atoms with Crippen LogP contribution in [0, 0.1) is 64.1 Å². The van der Waals surface area contributed by atoms with Crippen molar-refractivity contribution in [3.8, 4) is 0 Å². The summed E-state index contributed by atoms with van der Waals surface area (Å²) in [6.07, 6.45) is 11.1. The lowest BCUT2D eigenvalue weighted by atomic mass is 9.46. The first kappa shape index (κ1) is 22.2. The van der Waals surface area contributed by atoms with Gasteiger partial charge in [-0.3, -0.25) is 4.79 Å². The van der Waals surface area contributed by atoms with Gasteiger partial charge >= 0.3 is 0 Å². The third-order valence-electron chi connectivity index (χ3n) is 11.8. The molecule has 0 bridgehead atoms. The summed E-state index contributed by atoms with van der Waals surface area (Å²) in [5.74, 6) is 7.69. The maximum Gasteiger partial charge on any atom is 0.187 e. The zero-order chi connectivity index (χ0) is 22.3. The quantitative estimate of drug-likeness (QED) is 0.545. The summed E-state index contributed by atoms with van der Waals surface area (Å²) in [5, 5.41) is 10.2. The predicted molar refractivity (Wildman–Crippen MR) is 126 cm³/mol. The van der Waals surface area contributed by atoms with E-state index in [2.05, 4.69) is 47.6 Å². The number of rotatable bonds is 4. The molecule has 5 aliphatic carbocycles. The van der Waals surface area contributed by atoms with Gasteiger partial charge in [0.15, 0.2) is 5.78 Å². The topological polar surface area (TPSA) is 37.3 Å². The van der Waals surface area contributed by atoms with Gasteiger partial charge in [-0.05, 0) is 115 Å². The number of carbonyl (C=O) groups excluding carboxylic acids is 1. The molecule has 0 heterocycles. The van der Waals surface area contributed by atoms with Gasteiger partial charge in [-0.15, -0.1) is 0 Å². The summed E-state index contributed by atoms with van der Waals surface area (Å²) in [6, 6.07) is 0. The maximum atomic E-state index is 12.8. The minimum atomic E-state index is -0.749. The summed E-state index contributed by atoms with van der Waals surface area (Å²) in [4.78, 5) is 12.8. The van der Waals surface area contributed by atoms with Gasteiger partial charge in [-0.2, -0.15) is 0 Å². The van der Waals surface area contributed by atoms with E-state index < -0.39 is 6.10 Å². The van der Waals surface area contributed by atoms with E-state index >= 15 is 0 Å². The van der Waals surface area contributed by atoms with Crippen LogP contribution in [0.2, 0.25) is 0 Å². The molecule has 0 aliphatic heterocycles. The molecular formula is C29H46O2. The Kier molecular flexibility index (Phi) is 5.32. The molecular weight excluding hydrogens is 380 g/mol. The van der Waals surface area contributed by atoms with Crippen LogP contribution in [-0.4, -0.2) is 17.0 Å². The number of Topliss-reactive ketones (excluding diaryl/α,β-unsaturated/α-hetero) is 1. The van der Waals surface area contributed by atoms with Crippen LogP contribution in [0.25, 0.3) is 0 Å². The molecule has 11 atom stereocenters. The smallest absolute Gasteiger partial charge is 0.187 e. The van der Waals surface area contributed by atoms with Crippen molar-refractivity contribution >= 4 is 5.78 Å². The van der Waals surface area contributed by atoms with Gasteiger partial charge < -0.3 is 5.11 Å². The average Bonchev–Trinajstić information content (AvgIpc) is 3.19. The van der Waals surface area contributed by atoms with Gasteiger partial charge in [-0.25, -0.2) is 0 Å². The van der Waals surface area contributed by atoms with Gasteiger partial charge in [0.05, 0.1) is 0 Å². The largest absolute Gasteiger partial charge is 0.385 e. The third-order valence-corrected chi connectivity index (χ3v) is 11.8. The van der Waals surface area contributed by atoms with Crippen LogP contribution in [0.5, 0.6) is 0 Å². The van der Waals surface area contributed by atoms with E-state index in [4.69, 9.17) is 0 Å². The number of hydrogen-bond donors (Lipinski definition) is 1. The monoisotopic (exact) mass is 426 g/mol. The number of fused-ring (bicyclic) bond motifs is 5. The summed E-state index contributed by atoms with van der Waals surface area (Å²) < 4.78 is 0. The van der Waals surface area contributed by atoms with Crippen molar-refractivity contribution < 1.29 is 9.90 Å². The van der Waals surface area contributed by atoms with Crippen molar-refractivity contribution in [2.45, 2.75) is 99.0 Å². The molecule has 31 heavy (non-hydrogen) atoms. The Bertz CT molecular complexity index is 767. The number of carbonyl (C=O) groups is 1. The van der Waals surface area contributed by atoms with E-state index in [0.29, 0.717) is 17.8 Å². The molecule has 5 aliphatic rings. The van der Waals surface area contributed by atoms with Crippen LogP contribution in [0.15, 0.2) is 11.6 Å². The second-order valence-corrected chi connectivity index (χ2v) is 13.4. The highest BCUT2D eigenvalue weighted by atomic mass is 16.3. The lowest BCUT2D eigenvalue weighted by Crippen LogP contribution is -2.52. The first-order valence-corrected chi connectivity index (χ1v) is 13.5. The molecule has 5 rings (SSSR count). The number of allylic oxidation sites excluding steroid dienone is 1. The minimum absolute atomic E-state index is 0.0121. The van der Waals surface area contributed by atoms with E-state index in [-0.39, 0.29) is 11.2 Å². The highest BCUT2D eigenvalue weighted by Crippen LogP contribution is 2.67. The molecule has 0 aromatic heterocycles. The van der Waals surface area contributed by atoms with E-state index in [1.807, 2.05) is 0 Å². The Balaban J connectivity index is 1.34. The van der Waals surface area contributed by atoms with E-state index in [1.54, 1.807) is 0 Å². The van der Waals surface area contributed by atoms with Crippen molar-refractivity contribution in [2.24, 2.45) is 64.1 Å². The van der Waals surface area contributed by atoms with Crippen LogP contribution in [0.4, 0.5) is 0 Å². The fourth-order valence-electron chi connectivity index (χ4n) is 10.2. The molecule has 4 saturated carbocycles. The Morgan fingerprint density at radius 3 is 2.48 bits per heavy atom. The lowest BCUT2D eigenvalue weighted by molar-refractivity contribution is -0.131. The molecule has 1 N–H and O–H groups in total. The molecule has 0 saturated heterocycles. The summed E-state index contributed by atoms with van der Waals surface area (Å²) in [5.41, 5.74) is 1.49. The normalized spacial score (nSPS) is 52.3. The Morgan fingerprint density at radius 2 is 1.81 bits per heavy atom. The molecule has 0 aromatic carbocycles. The van der Waals surface area contributed by atoms with Crippen LogP contribution in [-0.2, 0) is 4.79 Å². The molecule has 0 radical (unpaired) electrons. The summed E-state index contributed by atoms with van der Waals surface area (Å²) in [6.45, 7) is 14.9. The van der Waals surface area contributed by atoms with Crippen LogP contribution in [0.3, 0.4) is 0 Å². The van der Waals surface area contributed by atoms with Gasteiger partial charge in [0.1, 0.15) is 6.10 Å². The highest BCUT2D eigenvalue weighted by molar-refractivity contribution is 6.00. The second-order valence-electron chi connectivity index (χ2n) is 13.4. The van der Waals surface area contributed by atoms with Crippen molar-refractivity contribution in [2.75, 3.05) is 0 Å². The van der Waals surface area contributed by atoms with Gasteiger partial charge in [0.2, 0.25) is 0 Å². The molecule has 174 valence electrons. The van der Waals surface area contributed by atoms with Gasteiger partial charge in [0, 0.05) is 5.57 Å². The summed E-state index contributed by atoms with van der Waals surface area (Å²) >= 11 is 0. The first-order chi connectivity index (χ1) is 14.6. The Morgan fingerprint density at radius 1 is 1.06 bits per heavy atom. The Labute approximate surface area is 190 Å². The number of aliphatic hydroxyl groups excluding tert-OH is 1. The summed E-state index contributed by atoms with van der Waals surface area (Å²) in [7, 11) is 0. The van der Waals surface area contributed by atoms with Crippen molar-refractivity contribution in [1.82, 2.24) is 0 Å². The second kappa shape index (κ2) is 7.44. The first-order valence-electron chi connectivity index (χ1n) is 13.5. The van der Waals surface area contributed by atoms with Crippen molar-refractivity contribution in [3.63, 3.8) is 0 Å². The molecule has 0 aromatic rings. The molecule has 2 heteroatoms. The van der Waals surface area contributed by atoms with E-state index in [9.17, 15) is 9.90 Å². The van der Waals surface area contributed by atoms with Crippen LogP contribution >= 0.6 is 0 Å². The molecule has 4 fully saturated rings. The van der Waals surface area contributed by atoms with Gasteiger partial charge in [0.25, 0.3) is 0 Å². The Hall–Kier alpha value is -0.630. The number of aliphatic hydroxyl groups is 1. The van der Waals surface area contributed by atoms with E-state index in [0.717, 1.165) is 65.8 Å². The lowest BCUT2D eigenvalue weighted by Gasteiger charge is -2.58. The van der Waals surface area contributed by atoms with Crippen molar-refractivity contribution in [1.29, 1.82) is 0 Å². The van der Waals surface area contributed by atoms with Gasteiger partial charge in [-0.1, -0.05) is 47.6 Å². The van der Waals surface area contributed by atoms with Crippen LogP contribution in [0.1, 0.15) is 92.9 Å². The minimum Gasteiger partial charge on any atom is -0.385 e. The molecule has 0 amide bonds. The zero-order valence-electron chi connectivity index (χ0n) is 20.9. The highest BCUT2D eigenvalue weighted by Gasteiger charge is 2.60. The molecule has 0 spiro atoms. The average molecular weight is 427 g/mol. The molecule has 0 unspecified atom stereocenters. The van der Waals surface area contributed by atoms with E-state index in [1.165, 1.54) is 32.1 Å². The van der Waals surface area contributed by atoms with Crippen molar-refractivity contribution in [3.05, 3.63) is 11.6 Å². The third kappa shape index (κ3) is 3.17. The van der Waals surface area contributed by atoms with Crippen LogP contribution < -0.4 is 0 Å². The number of ketones is 1. The fraction of sp³-hybridized carbons (Fsp3) is 0.897. The number of hydrogen-bond acceptors (Lipinski definition) is 2. The fourth-order valence-corrected chi connectivity index (χ4v) is 10.2. The SMILES string of the molecule is CC(C)[C@H]1[C@@H](C)[C@@H]1C[C@@H](C)[C@@H]1CC[C@@H]2[C@@H]3CC=C4C(=O)[C@H](O)CC[C@@]4(C)[C@H]3CC[C@]21C. The standard InChI is InChI=1S/C29H46O2/c1-16(2)26-18(4)20(26)15-17(3)21-9-10-22-19-7-8-24-27(31)25(30)12-14-29(24,6)23(19)11-13-28(21,22)5/h8,16-23,25-26,30H,7,9-15H2,1-6H3/t17-,18+,19+,20+,21+,22-,23+,25-,26+,28+,29+/m1/s1.